The molecule has 1 rings (SSSR count). The first-order valence-corrected chi connectivity index (χ1v) is 6.64. The van der Waals surface area contributed by atoms with Gasteiger partial charge in [-0.15, -0.1) is 0 Å². The van der Waals surface area contributed by atoms with Gasteiger partial charge in [-0.25, -0.2) is 0 Å². The molecule has 0 saturated heterocycles. The molecule has 18 heavy (non-hydrogen) atoms. The van der Waals surface area contributed by atoms with E-state index >= 15 is 0 Å². The van der Waals surface area contributed by atoms with Crippen molar-refractivity contribution in [3.05, 3.63) is 35.4 Å². The van der Waals surface area contributed by atoms with Crippen LogP contribution in [-0.2, 0) is 6.54 Å². The molecule has 0 aliphatic rings. The molecule has 0 spiro atoms. The fourth-order valence-corrected chi connectivity index (χ4v) is 1.97. The number of hydrogen-bond donors (Lipinski definition) is 1. The van der Waals surface area contributed by atoms with Crippen LogP contribution in [0.15, 0.2) is 24.3 Å². The Morgan fingerprint density at radius 1 is 1.28 bits per heavy atom. The fourth-order valence-electron chi connectivity index (χ4n) is 1.97. The molecule has 0 saturated carbocycles. The number of hydrogen-bond acceptors (Lipinski definition) is 2. The maximum atomic E-state index is 8.79. The van der Waals surface area contributed by atoms with Gasteiger partial charge in [0.25, 0.3) is 0 Å². The molecule has 2 nitrogen and oxygen atoms in total. The van der Waals surface area contributed by atoms with E-state index < -0.39 is 0 Å². The monoisotopic (exact) mass is 245 g/mol. The van der Waals surface area contributed by atoms with Crippen molar-refractivity contribution in [3.8, 4) is 11.8 Å². The van der Waals surface area contributed by atoms with Crippen LogP contribution in [0.3, 0.4) is 0 Å². The van der Waals surface area contributed by atoms with Gasteiger partial charge in [-0.3, -0.25) is 4.90 Å². The number of benzene rings is 1. The van der Waals surface area contributed by atoms with Gasteiger partial charge in [-0.2, -0.15) is 0 Å². The lowest BCUT2D eigenvalue weighted by Crippen LogP contribution is -2.32. The number of rotatable bonds is 5. The summed E-state index contributed by atoms with van der Waals surface area (Å²) in [6.45, 7) is 8.53. The predicted octanol–water partition coefficient (Wildman–Crippen LogP) is 2.65. The van der Waals surface area contributed by atoms with Crippen molar-refractivity contribution in [3.63, 3.8) is 0 Å². The van der Waals surface area contributed by atoms with Gasteiger partial charge in [0.2, 0.25) is 0 Å². The molecule has 0 aliphatic heterocycles. The Morgan fingerprint density at radius 3 is 2.61 bits per heavy atom. The zero-order valence-corrected chi connectivity index (χ0v) is 11.6. The number of aliphatic hydroxyl groups excluding tert-OH is 1. The molecule has 0 aromatic heterocycles. The van der Waals surface area contributed by atoms with Crippen molar-refractivity contribution in [1.29, 1.82) is 0 Å². The SMILES string of the molecule is CCC(C)N(CC)Cc1ccccc1C#CCO. The van der Waals surface area contributed by atoms with Crippen LogP contribution in [0.4, 0.5) is 0 Å². The Morgan fingerprint density at radius 2 is 2.00 bits per heavy atom. The van der Waals surface area contributed by atoms with E-state index in [4.69, 9.17) is 5.11 Å². The normalized spacial score (nSPS) is 12.1. The van der Waals surface area contributed by atoms with Crippen molar-refractivity contribution in [2.75, 3.05) is 13.2 Å². The van der Waals surface area contributed by atoms with Crippen LogP contribution in [0, 0.1) is 11.8 Å². The van der Waals surface area contributed by atoms with E-state index in [-0.39, 0.29) is 6.61 Å². The van der Waals surface area contributed by atoms with E-state index in [1.807, 2.05) is 18.2 Å². The molecule has 98 valence electrons. The number of nitrogens with zero attached hydrogens (tertiary/aromatic N) is 1. The lowest BCUT2D eigenvalue weighted by Gasteiger charge is -2.27. The van der Waals surface area contributed by atoms with Gasteiger partial charge in [0.05, 0.1) is 0 Å². The minimum atomic E-state index is -0.0861. The van der Waals surface area contributed by atoms with Crippen LogP contribution in [-0.4, -0.2) is 29.2 Å². The standard InChI is InChI=1S/C16H23NO/c1-4-14(3)17(5-2)13-16-10-7-6-9-15(16)11-8-12-18/h6-7,9-10,14,18H,4-5,12-13H2,1-3H3. The highest BCUT2D eigenvalue weighted by Gasteiger charge is 2.11. The summed E-state index contributed by atoms with van der Waals surface area (Å²) < 4.78 is 0. The average molecular weight is 245 g/mol. The van der Waals surface area contributed by atoms with Crippen LogP contribution < -0.4 is 0 Å². The van der Waals surface area contributed by atoms with Gasteiger partial charge in [0.1, 0.15) is 6.61 Å². The molecule has 1 aromatic rings. The van der Waals surface area contributed by atoms with Crippen LogP contribution in [0.1, 0.15) is 38.3 Å². The largest absolute Gasteiger partial charge is 0.384 e. The highest BCUT2D eigenvalue weighted by molar-refractivity contribution is 5.41. The van der Waals surface area contributed by atoms with E-state index in [0.717, 1.165) is 25.1 Å². The second kappa shape index (κ2) is 7.92. The first kappa shape index (κ1) is 14.8. The summed E-state index contributed by atoms with van der Waals surface area (Å²) in [7, 11) is 0. The molecule has 0 fully saturated rings. The van der Waals surface area contributed by atoms with Crippen molar-refractivity contribution in [2.24, 2.45) is 0 Å². The van der Waals surface area contributed by atoms with Crippen molar-refractivity contribution < 1.29 is 5.11 Å². The van der Waals surface area contributed by atoms with Gasteiger partial charge in [0.15, 0.2) is 0 Å². The molecule has 1 aromatic carbocycles. The lowest BCUT2D eigenvalue weighted by molar-refractivity contribution is 0.206. The van der Waals surface area contributed by atoms with Gasteiger partial charge in [-0.05, 0) is 31.5 Å². The zero-order chi connectivity index (χ0) is 13.4. The second-order valence-corrected chi connectivity index (χ2v) is 4.44. The molecule has 1 N–H and O–H groups in total. The molecule has 2 heteroatoms. The zero-order valence-electron chi connectivity index (χ0n) is 11.6. The highest BCUT2D eigenvalue weighted by Crippen LogP contribution is 2.14. The molecule has 0 aliphatic carbocycles. The Hall–Kier alpha value is -1.30. The minimum absolute atomic E-state index is 0.0861. The molecule has 0 heterocycles. The maximum Gasteiger partial charge on any atom is 0.104 e. The summed E-state index contributed by atoms with van der Waals surface area (Å²) in [5.41, 5.74) is 2.26. The van der Waals surface area contributed by atoms with Gasteiger partial charge < -0.3 is 5.11 Å². The molecule has 1 atom stereocenters. The summed E-state index contributed by atoms with van der Waals surface area (Å²) in [4.78, 5) is 2.44. The molecular formula is C16H23NO. The van der Waals surface area contributed by atoms with Crippen molar-refractivity contribution in [2.45, 2.75) is 39.8 Å². The third-order valence-corrected chi connectivity index (χ3v) is 3.31. The molecule has 0 amide bonds. The topological polar surface area (TPSA) is 23.5 Å². The third-order valence-electron chi connectivity index (χ3n) is 3.31. The maximum absolute atomic E-state index is 8.79. The van der Waals surface area contributed by atoms with E-state index in [0.29, 0.717) is 6.04 Å². The lowest BCUT2D eigenvalue weighted by atomic mass is 10.1. The van der Waals surface area contributed by atoms with Crippen LogP contribution in [0.25, 0.3) is 0 Å². The molecule has 1 unspecified atom stereocenters. The first-order chi connectivity index (χ1) is 8.72. The molecule has 0 radical (unpaired) electrons. The van der Waals surface area contributed by atoms with Gasteiger partial charge in [0, 0.05) is 18.2 Å². The average Bonchev–Trinajstić information content (AvgIpc) is 2.42. The minimum Gasteiger partial charge on any atom is -0.384 e. The Balaban J connectivity index is 2.88. The third kappa shape index (κ3) is 4.18. The Kier molecular flexibility index (Phi) is 6.49. The van der Waals surface area contributed by atoms with Gasteiger partial charge >= 0.3 is 0 Å². The summed E-state index contributed by atoms with van der Waals surface area (Å²) in [5.74, 6) is 5.75. The van der Waals surface area contributed by atoms with E-state index in [1.165, 1.54) is 5.56 Å². The summed E-state index contributed by atoms with van der Waals surface area (Å²) in [6.07, 6.45) is 1.15. The van der Waals surface area contributed by atoms with E-state index in [1.54, 1.807) is 0 Å². The fraction of sp³-hybridized carbons (Fsp3) is 0.500. The quantitative estimate of drug-likeness (QED) is 0.806. The Bertz CT molecular complexity index is 417. The Labute approximate surface area is 111 Å². The van der Waals surface area contributed by atoms with Crippen LogP contribution in [0.2, 0.25) is 0 Å². The predicted molar refractivity (Wildman–Crippen MR) is 76.2 cm³/mol. The van der Waals surface area contributed by atoms with E-state index in [9.17, 15) is 0 Å². The summed E-state index contributed by atoms with van der Waals surface area (Å²) >= 11 is 0. The van der Waals surface area contributed by atoms with E-state index in [2.05, 4.69) is 43.6 Å². The second-order valence-electron chi connectivity index (χ2n) is 4.44. The van der Waals surface area contributed by atoms with Crippen molar-refractivity contribution >= 4 is 0 Å². The van der Waals surface area contributed by atoms with Gasteiger partial charge in [-0.1, -0.05) is 43.9 Å². The summed E-state index contributed by atoms with van der Waals surface area (Å²) in [6, 6.07) is 8.75. The smallest absolute Gasteiger partial charge is 0.104 e. The van der Waals surface area contributed by atoms with Crippen LogP contribution >= 0.6 is 0 Å². The van der Waals surface area contributed by atoms with Crippen molar-refractivity contribution in [1.82, 2.24) is 4.90 Å². The highest BCUT2D eigenvalue weighted by atomic mass is 16.2. The number of aliphatic hydroxyl groups is 1. The molecule has 0 bridgehead atoms. The molecular weight excluding hydrogens is 222 g/mol. The van der Waals surface area contributed by atoms with Crippen LogP contribution in [0.5, 0.6) is 0 Å². The summed E-state index contributed by atoms with van der Waals surface area (Å²) in [5, 5.41) is 8.79. The first-order valence-electron chi connectivity index (χ1n) is 6.64.